The predicted molar refractivity (Wildman–Crippen MR) is 79.8 cm³/mol. The number of rotatable bonds is 6. The molecule has 1 saturated carbocycles. The average Bonchev–Trinajstić information content (AvgIpc) is 3.16. The van der Waals surface area contributed by atoms with Crippen LogP contribution in [0.15, 0.2) is 0 Å². The number of hydrogen-bond donors (Lipinski definition) is 1. The third kappa shape index (κ3) is 3.22. The molecule has 0 aromatic heterocycles. The van der Waals surface area contributed by atoms with E-state index < -0.39 is 12.0 Å². The molecule has 114 valence electrons. The van der Waals surface area contributed by atoms with Crippen LogP contribution in [0.25, 0.3) is 0 Å². The van der Waals surface area contributed by atoms with Crippen LogP contribution >= 0.6 is 11.8 Å². The van der Waals surface area contributed by atoms with Crippen molar-refractivity contribution >= 4 is 23.8 Å². The van der Waals surface area contributed by atoms with E-state index in [9.17, 15) is 14.7 Å². The largest absolute Gasteiger partial charge is 0.480 e. The summed E-state index contributed by atoms with van der Waals surface area (Å²) in [6.07, 6.45) is 4.95. The van der Waals surface area contributed by atoms with Crippen LogP contribution in [0.3, 0.4) is 0 Å². The van der Waals surface area contributed by atoms with Crippen LogP contribution in [0, 0.1) is 0 Å². The number of aliphatic carboxylic acids is 1. The van der Waals surface area contributed by atoms with Gasteiger partial charge in [-0.2, -0.15) is 0 Å². The van der Waals surface area contributed by atoms with Gasteiger partial charge < -0.3 is 10.0 Å². The molecule has 0 aromatic carbocycles. The van der Waals surface area contributed by atoms with Crippen LogP contribution in [0.2, 0.25) is 0 Å². The molecule has 5 nitrogen and oxygen atoms in total. The maximum Gasteiger partial charge on any atom is 0.327 e. The maximum absolute atomic E-state index is 12.8. The van der Waals surface area contributed by atoms with Gasteiger partial charge in [0.1, 0.15) is 6.04 Å². The van der Waals surface area contributed by atoms with E-state index in [0.717, 1.165) is 38.6 Å². The van der Waals surface area contributed by atoms with Gasteiger partial charge >= 0.3 is 12.0 Å². The van der Waals surface area contributed by atoms with Crippen LogP contribution in [-0.2, 0) is 4.79 Å². The van der Waals surface area contributed by atoms with Gasteiger partial charge in [0.25, 0.3) is 0 Å². The summed E-state index contributed by atoms with van der Waals surface area (Å²) in [7, 11) is 0. The van der Waals surface area contributed by atoms with Crippen LogP contribution in [0.1, 0.15) is 46.0 Å². The van der Waals surface area contributed by atoms with Gasteiger partial charge in [0, 0.05) is 18.3 Å². The van der Waals surface area contributed by atoms with Crippen molar-refractivity contribution in [2.45, 2.75) is 63.4 Å². The highest BCUT2D eigenvalue weighted by Crippen LogP contribution is 2.35. The number of carbonyl (C=O) groups is 2. The predicted octanol–water partition coefficient (Wildman–Crippen LogP) is 2.61. The third-order valence-electron chi connectivity index (χ3n) is 3.93. The van der Waals surface area contributed by atoms with Crippen LogP contribution in [-0.4, -0.2) is 56.7 Å². The Kier molecular flexibility index (Phi) is 5.18. The second-order valence-electron chi connectivity index (χ2n) is 5.52. The Morgan fingerprint density at radius 1 is 1.35 bits per heavy atom. The van der Waals surface area contributed by atoms with E-state index in [1.54, 1.807) is 16.7 Å². The Morgan fingerprint density at radius 2 is 2.05 bits per heavy atom. The molecule has 1 N–H and O–H groups in total. The SMILES string of the molecule is CCCCN(C(=O)N1C(CC)SCC1C(=O)O)C1CC1. The lowest BCUT2D eigenvalue weighted by Crippen LogP contribution is -2.52. The molecule has 1 aliphatic carbocycles. The van der Waals surface area contributed by atoms with Gasteiger partial charge in [-0.1, -0.05) is 20.3 Å². The number of nitrogens with zero attached hydrogens (tertiary/aromatic N) is 2. The number of hydrogen-bond acceptors (Lipinski definition) is 3. The highest BCUT2D eigenvalue weighted by Gasteiger charge is 2.45. The van der Waals surface area contributed by atoms with Crippen molar-refractivity contribution in [2.24, 2.45) is 0 Å². The first-order chi connectivity index (χ1) is 9.60. The molecule has 0 aromatic rings. The molecule has 0 spiro atoms. The lowest BCUT2D eigenvalue weighted by molar-refractivity contribution is -0.141. The lowest BCUT2D eigenvalue weighted by atomic mass is 10.2. The number of amides is 2. The Bertz CT molecular complexity index is 373. The van der Waals surface area contributed by atoms with E-state index in [2.05, 4.69) is 6.92 Å². The standard InChI is InChI=1S/C14H24N2O3S/c1-3-5-8-15(10-6-7-10)14(19)16-11(13(17)18)9-20-12(16)4-2/h10-12H,3-9H2,1-2H3,(H,17,18). The summed E-state index contributed by atoms with van der Waals surface area (Å²) in [5, 5.41) is 9.34. The zero-order valence-corrected chi connectivity index (χ0v) is 13.1. The summed E-state index contributed by atoms with van der Waals surface area (Å²) in [4.78, 5) is 27.7. The summed E-state index contributed by atoms with van der Waals surface area (Å²) in [5.74, 6) is -0.376. The van der Waals surface area contributed by atoms with Gasteiger partial charge in [0.15, 0.2) is 0 Å². The molecule has 20 heavy (non-hydrogen) atoms. The third-order valence-corrected chi connectivity index (χ3v) is 5.39. The van der Waals surface area contributed by atoms with E-state index in [-0.39, 0.29) is 11.4 Å². The average molecular weight is 300 g/mol. The Balaban J connectivity index is 2.11. The van der Waals surface area contributed by atoms with E-state index in [4.69, 9.17) is 0 Å². The van der Waals surface area contributed by atoms with Crippen molar-refractivity contribution in [3.8, 4) is 0 Å². The minimum atomic E-state index is -0.881. The fourth-order valence-corrected chi connectivity index (χ4v) is 3.96. The zero-order valence-electron chi connectivity index (χ0n) is 12.2. The summed E-state index contributed by atoms with van der Waals surface area (Å²) in [6.45, 7) is 4.87. The van der Waals surface area contributed by atoms with Crippen LogP contribution in [0.5, 0.6) is 0 Å². The maximum atomic E-state index is 12.8. The van der Waals surface area contributed by atoms with Crippen molar-refractivity contribution in [1.29, 1.82) is 0 Å². The number of carboxylic acid groups (broad SMARTS) is 1. The minimum Gasteiger partial charge on any atom is -0.480 e. The quantitative estimate of drug-likeness (QED) is 0.819. The Hall–Kier alpha value is -0.910. The molecule has 1 heterocycles. The Morgan fingerprint density at radius 3 is 2.55 bits per heavy atom. The van der Waals surface area contributed by atoms with Gasteiger partial charge in [-0.3, -0.25) is 4.90 Å². The first kappa shape index (κ1) is 15.5. The molecular weight excluding hydrogens is 276 g/mol. The fourth-order valence-electron chi connectivity index (χ4n) is 2.62. The van der Waals surface area contributed by atoms with Crippen molar-refractivity contribution in [2.75, 3.05) is 12.3 Å². The van der Waals surface area contributed by atoms with E-state index >= 15 is 0 Å². The van der Waals surface area contributed by atoms with Gasteiger partial charge in [-0.25, -0.2) is 9.59 Å². The topological polar surface area (TPSA) is 60.9 Å². The summed E-state index contributed by atoms with van der Waals surface area (Å²) >= 11 is 1.59. The molecule has 1 saturated heterocycles. The molecule has 2 unspecified atom stereocenters. The van der Waals surface area contributed by atoms with Crippen molar-refractivity contribution in [3.63, 3.8) is 0 Å². The van der Waals surface area contributed by atoms with Crippen molar-refractivity contribution < 1.29 is 14.7 Å². The molecule has 2 amide bonds. The van der Waals surface area contributed by atoms with E-state index in [1.807, 2.05) is 11.8 Å². The second kappa shape index (κ2) is 6.70. The normalized spacial score (nSPS) is 25.8. The second-order valence-corrected chi connectivity index (χ2v) is 6.73. The fraction of sp³-hybridized carbons (Fsp3) is 0.857. The lowest BCUT2D eigenvalue weighted by Gasteiger charge is -2.33. The molecule has 1 aliphatic heterocycles. The smallest absolute Gasteiger partial charge is 0.327 e. The summed E-state index contributed by atoms with van der Waals surface area (Å²) in [6, 6.07) is -0.392. The molecule has 6 heteroatoms. The number of urea groups is 1. The summed E-state index contributed by atoms with van der Waals surface area (Å²) < 4.78 is 0. The molecule has 2 aliphatic rings. The summed E-state index contributed by atoms with van der Waals surface area (Å²) in [5.41, 5.74) is 0. The van der Waals surface area contributed by atoms with Crippen LogP contribution < -0.4 is 0 Å². The Labute approximate surface area is 124 Å². The first-order valence-electron chi connectivity index (χ1n) is 7.53. The van der Waals surface area contributed by atoms with Crippen LogP contribution in [0.4, 0.5) is 4.79 Å². The molecule has 0 bridgehead atoms. The first-order valence-corrected chi connectivity index (χ1v) is 8.58. The number of carbonyl (C=O) groups excluding carboxylic acids is 1. The van der Waals surface area contributed by atoms with E-state index in [0.29, 0.717) is 11.8 Å². The highest BCUT2D eigenvalue weighted by molar-refractivity contribution is 8.00. The molecule has 2 fully saturated rings. The molecule has 0 radical (unpaired) electrons. The van der Waals surface area contributed by atoms with Gasteiger partial charge in [0.05, 0.1) is 5.37 Å². The monoisotopic (exact) mass is 300 g/mol. The number of carboxylic acids is 1. The highest BCUT2D eigenvalue weighted by atomic mass is 32.2. The zero-order chi connectivity index (χ0) is 14.7. The number of thioether (sulfide) groups is 1. The van der Waals surface area contributed by atoms with E-state index in [1.165, 1.54) is 0 Å². The molecular formula is C14H24N2O3S. The number of unbranched alkanes of at least 4 members (excludes halogenated alkanes) is 1. The molecule has 2 atom stereocenters. The minimum absolute atomic E-state index is 0.00600. The van der Waals surface area contributed by atoms with Crippen molar-refractivity contribution in [3.05, 3.63) is 0 Å². The van der Waals surface area contributed by atoms with Gasteiger partial charge in [0.2, 0.25) is 0 Å². The van der Waals surface area contributed by atoms with Crippen molar-refractivity contribution in [1.82, 2.24) is 9.80 Å². The van der Waals surface area contributed by atoms with Gasteiger partial charge in [-0.05, 0) is 25.7 Å². The molecule has 2 rings (SSSR count). The van der Waals surface area contributed by atoms with Gasteiger partial charge in [-0.15, -0.1) is 11.8 Å².